The molecule has 0 aromatic carbocycles. The van der Waals surface area contributed by atoms with Crippen molar-refractivity contribution in [1.29, 1.82) is 0 Å². The van der Waals surface area contributed by atoms with Crippen molar-refractivity contribution in [3.8, 4) is 10.8 Å². The quantitative estimate of drug-likeness (QED) is 0.819. The largest absolute Gasteiger partial charge is 0.462 e. The van der Waals surface area contributed by atoms with Crippen LogP contribution in [-0.4, -0.2) is 53.3 Å². The van der Waals surface area contributed by atoms with E-state index in [4.69, 9.17) is 4.42 Å². The average molecular weight is 321 g/mol. The fraction of sp³-hybridized carbons (Fsp3) is 0.400. The van der Waals surface area contributed by atoms with Crippen molar-refractivity contribution in [2.24, 2.45) is 0 Å². The third-order valence-corrected chi connectivity index (χ3v) is 4.15. The zero-order valence-electron chi connectivity index (χ0n) is 12.9. The molecule has 0 unspecified atom stereocenters. The Morgan fingerprint density at radius 2 is 2.05 bits per heavy atom. The van der Waals surface area contributed by atoms with Gasteiger partial charge in [0, 0.05) is 25.5 Å². The molecular formula is C15H19N3O3S. The molecule has 0 aliphatic carbocycles. The van der Waals surface area contributed by atoms with Gasteiger partial charge in [0.25, 0.3) is 5.91 Å². The number of amides is 2. The van der Waals surface area contributed by atoms with Gasteiger partial charge in [0.15, 0.2) is 10.8 Å². The van der Waals surface area contributed by atoms with E-state index in [0.717, 1.165) is 0 Å². The van der Waals surface area contributed by atoms with Gasteiger partial charge in [0.1, 0.15) is 5.69 Å². The molecule has 0 saturated heterocycles. The maximum atomic E-state index is 12.3. The molecule has 2 aromatic rings. The van der Waals surface area contributed by atoms with Crippen LogP contribution in [0.15, 0.2) is 28.2 Å². The lowest BCUT2D eigenvalue weighted by Crippen LogP contribution is -2.41. The number of hydrogen-bond donors (Lipinski definition) is 0. The lowest BCUT2D eigenvalue weighted by molar-refractivity contribution is -0.131. The van der Waals surface area contributed by atoms with Crippen molar-refractivity contribution < 1.29 is 14.0 Å². The minimum atomic E-state index is -0.269. The summed E-state index contributed by atoms with van der Waals surface area (Å²) >= 11 is 1.34. The second-order valence-electron chi connectivity index (χ2n) is 4.74. The van der Waals surface area contributed by atoms with Crippen LogP contribution in [0.3, 0.4) is 0 Å². The molecular weight excluding hydrogens is 302 g/mol. The minimum absolute atomic E-state index is 0.0497. The summed E-state index contributed by atoms with van der Waals surface area (Å²) in [5.74, 6) is 0.294. The zero-order valence-corrected chi connectivity index (χ0v) is 13.7. The Kier molecular flexibility index (Phi) is 5.32. The van der Waals surface area contributed by atoms with E-state index in [0.29, 0.717) is 29.6 Å². The Balaban J connectivity index is 2.03. The number of likely N-dealkylation sites (N-methyl/N-ethyl adjacent to an activating group) is 2. The third kappa shape index (κ3) is 3.54. The molecule has 6 nitrogen and oxygen atoms in total. The van der Waals surface area contributed by atoms with Crippen molar-refractivity contribution in [3.05, 3.63) is 29.5 Å². The molecule has 7 heteroatoms. The summed E-state index contributed by atoms with van der Waals surface area (Å²) in [6.45, 7) is 5.15. The molecule has 2 heterocycles. The fourth-order valence-electron chi connectivity index (χ4n) is 2.03. The second kappa shape index (κ2) is 7.22. The molecule has 22 heavy (non-hydrogen) atoms. The SMILES string of the molecule is CCN(CC)C(=O)CN(C)C(=O)c1csc(-c2ccco2)n1. The first-order chi connectivity index (χ1) is 10.6. The van der Waals surface area contributed by atoms with Crippen LogP contribution in [0.1, 0.15) is 24.3 Å². The Hall–Kier alpha value is -2.15. The molecule has 118 valence electrons. The van der Waals surface area contributed by atoms with Crippen molar-refractivity contribution in [2.75, 3.05) is 26.7 Å². The van der Waals surface area contributed by atoms with Crippen LogP contribution in [0.2, 0.25) is 0 Å². The Labute approximate surface area is 133 Å². The number of hydrogen-bond acceptors (Lipinski definition) is 5. The third-order valence-electron chi connectivity index (χ3n) is 3.29. The topological polar surface area (TPSA) is 66.7 Å². The lowest BCUT2D eigenvalue weighted by atomic mass is 10.3. The normalized spacial score (nSPS) is 10.5. The molecule has 0 fully saturated rings. The molecule has 0 bridgehead atoms. The Bertz CT molecular complexity index is 632. The van der Waals surface area contributed by atoms with Crippen LogP contribution in [-0.2, 0) is 4.79 Å². The molecule has 0 N–H and O–H groups in total. The predicted molar refractivity (Wildman–Crippen MR) is 84.7 cm³/mol. The van der Waals surface area contributed by atoms with E-state index in [1.54, 1.807) is 35.7 Å². The summed E-state index contributed by atoms with van der Waals surface area (Å²) < 4.78 is 5.26. The van der Waals surface area contributed by atoms with E-state index in [1.165, 1.54) is 16.2 Å². The van der Waals surface area contributed by atoms with Gasteiger partial charge >= 0.3 is 0 Å². The first-order valence-electron chi connectivity index (χ1n) is 7.09. The minimum Gasteiger partial charge on any atom is -0.462 e. The highest BCUT2D eigenvalue weighted by atomic mass is 32.1. The van der Waals surface area contributed by atoms with Gasteiger partial charge in [-0.2, -0.15) is 0 Å². The highest BCUT2D eigenvalue weighted by molar-refractivity contribution is 7.13. The van der Waals surface area contributed by atoms with Gasteiger partial charge < -0.3 is 14.2 Å². The van der Waals surface area contributed by atoms with Crippen molar-refractivity contribution in [3.63, 3.8) is 0 Å². The standard InChI is InChI=1S/C15H19N3O3S/c1-4-18(5-2)13(19)9-17(3)15(20)11-10-22-14(16-11)12-7-6-8-21-12/h6-8,10H,4-5,9H2,1-3H3. The molecule has 2 amide bonds. The molecule has 2 rings (SSSR count). The maximum Gasteiger partial charge on any atom is 0.273 e. The van der Waals surface area contributed by atoms with E-state index >= 15 is 0 Å². The first kappa shape index (κ1) is 16.2. The number of furan rings is 1. The summed E-state index contributed by atoms with van der Waals surface area (Å²) in [6, 6.07) is 3.56. The number of nitrogens with zero attached hydrogens (tertiary/aromatic N) is 3. The monoisotopic (exact) mass is 321 g/mol. The number of carbonyl (C=O) groups excluding carboxylic acids is 2. The maximum absolute atomic E-state index is 12.3. The smallest absolute Gasteiger partial charge is 0.273 e. The molecule has 2 aromatic heterocycles. The molecule has 0 radical (unpaired) electrons. The summed E-state index contributed by atoms with van der Waals surface area (Å²) in [5.41, 5.74) is 0.325. The number of aromatic nitrogens is 1. The van der Waals surface area contributed by atoms with Crippen LogP contribution < -0.4 is 0 Å². The Morgan fingerprint density at radius 3 is 2.64 bits per heavy atom. The van der Waals surface area contributed by atoms with Gasteiger partial charge in [0.2, 0.25) is 5.91 Å². The van der Waals surface area contributed by atoms with Crippen LogP contribution in [0.5, 0.6) is 0 Å². The van der Waals surface area contributed by atoms with Gasteiger partial charge in [-0.05, 0) is 26.0 Å². The van der Waals surface area contributed by atoms with Crippen LogP contribution in [0.4, 0.5) is 0 Å². The van der Waals surface area contributed by atoms with Crippen molar-refractivity contribution >= 4 is 23.2 Å². The van der Waals surface area contributed by atoms with E-state index < -0.39 is 0 Å². The highest BCUT2D eigenvalue weighted by Gasteiger charge is 2.20. The number of thiazole rings is 1. The van der Waals surface area contributed by atoms with E-state index in [9.17, 15) is 9.59 Å². The number of carbonyl (C=O) groups is 2. The summed E-state index contributed by atoms with van der Waals surface area (Å²) in [5, 5.41) is 2.33. The molecule has 0 atom stereocenters. The van der Waals surface area contributed by atoms with Gasteiger partial charge in [-0.3, -0.25) is 9.59 Å². The highest BCUT2D eigenvalue weighted by Crippen LogP contribution is 2.24. The van der Waals surface area contributed by atoms with E-state index in [-0.39, 0.29) is 18.4 Å². The van der Waals surface area contributed by atoms with Crippen LogP contribution >= 0.6 is 11.3 Å². The average Bonchev–Trinajstić information content (AvgIpc) is 3.18. The van der Waals surface area contributed by atoms with Gasteiger partial charge in [-0.1, -0.05) is 0 Å². The summed E-state index contributed by atoms with van der Waals surface area (Å²) in [6.07, 6.45) is 1.56. The van der Waals surface area contributed by atoms with Crippen molar-refractivity contribution in [2.45, 2.75) is 13.8 Å². The van der Waals surface area contributed by atoms with Crippen LogP contribution in [0.25, 0.3) is 10.8 Å². The molecule has 0 spiro atoms. The van der Waals surface area contributed by atoms with Gasteiger partial charge in [-0.25, -0.2) is 4.98 Å². The Morgan fingerprint density at radius 1 is 1.32 bits per heavy atom. The fourth-order valence-corrected chi connectivity index (χ4v) is 2.79. The van der Waals surface area contributed by atoms with Crippen LogP contribution in [0, 0.1) is 0 Å². The van der Waals surface area contributed by atoms with Gasteiger partial charge in [0.05, 0.1) is 12.8 Å². The van der Waals surface area contributed by atoms with E-state index in [2.05, 4.69) is 4.98 Å². The second-order valence-corrected chi connectivity index (χ2v) is 5.60. The zero-order chi connectivity index (χ0) is 16.1. The summed E-state index contributed by atoms with van der Waals surface area (Å²) in [4.78, 5) is 31.7. The summed E-state index contributed by atoms with van der Waals surface area (Å²) in [7, 11) is 1.61. The molecule has 0 saturated carbocycles. The molecule has 0 aliphatic rings. The number of rotatable bonds is 6. The molecule has 0 aliphatic heterocycles. The first-order valence-corrected chi connectivity index (χ1v) is 7.97. The van der Waals surface area contributed by atoms with E-state index in [1.807, 2.05) is 13.8 Å². The predicted octanol–water partition coefficient (Wildman–Crippen LogP) is 2.34. The lowest BCUT2D eigenvalue weighted by Gasteiger charge is -2.22. The van der Waals surface area contributed by atoms with Gasteiger partial charge in [-0.15, -0.1) is 11.3 Å². The van der Waals surface area contributed by atoms with Crippen molar-refractivity contribution in [1.82, 2.24) is 14.8 Å².